The van der Waals surface area contributed by atoms with Crippen molar-refractivity contribution in [1.29, 1.82) is 0 Å². The Balaban J connectivity index is 2.62. The molecule has 0 spiro atoms. The highest BCUT2D eigenvalue weighted by Gasteiger charge is 2.06. The van der Waals surface area contributed by atoms with Gasteiger partial charge in [0.25, 0.3) is 0 Å². The molecule has 17 heavy (non-hydrogen) atoms. The molecule has 0 fully saturated rings. The molecule has 0 saturated heterocycles. The van der Waals surface area contributed by atoms with E-state index in [-0.39, 0.29) is 0 Å². The second-order valence-corrected chi connectivity index (χ2v) is 3.93. The van der Waals surface area contributed by atoms with E-state index in [1.807, 2.05) is 39.0 Å². The number of aromatic nitrogens is 2. The fraction of sp³-hybridized carbons (Fsp3) is 0.667. The summed E-state index contributed by atoms with van der Waals surface area (Å²) in [7, 11) is 3.90. The summed E-state index contributed by atoms with van der Waals surface area (Å²) in [6.07, 6.45) is 1.88. The van der Waals surface area contributed by atoms with Gasteiger partial charge in [-0.1, -0.05) is 0 Å². The standard InChI is InChI=1S/C12H22N4O/c1-5-17-7-6-16(4)12-14-9-11(8-13-3)10(2)15-12/h9,13H,5-8H2,1-4H3. The van der Waals surface area contributed by atoms with E-state index in [0.717, 1.165) is 36.9 Å². The molecule has 96 valence electrons. The molecule has 0 aliphatic heterocycles. The van der Waals surface area contributed by atoms with Gasteiger partial charge >= 0.3 is 0 Å². The van der Waals surface area contributed by atoms with Crippen LogP contribution in [0.4, 0.5) is 5.95 Å². The van der Waals surface area contributed by atoms with Crippen LogP contribution in [0.25, 0.3) is 0 Å². The number of nitrogens with one attached hydrogen (secondary N) is 1. The summed E-state index contributed by atoms with van der Waals surface area (Å²) in [5.74, 6) is 0.752. The van der Waals surface area contributed by atoms with E-state index in [9.17, 15) is 0 Å². The first-order valence-electron chi connectivity index (χ1n) is 5.95. The Hall–Kier alpha value is -1.20. The van der Waals surface area contributed by atoms with Crippen molar-refractivity contribution in [3.05, 3.63) is 17.5 Å². The average Bonchev–Trinajstić information content (AvgIpc) is 2.32. The van der Waals surface area contributed by atoms with E-state index in [1.165, 1.54) is 0 Å². The van der Waals surface area contributed by atoms with E-state index >= 15 is 0 Å². The Labute approximate surface area is 103 Å². The molecule has 1 aromatic heterocycles. The quantitative estimate of drug-likeness (QED) is 0.718. The van der Waals surface area contributed by atoms with Gasteiger partial charge in [-0.2, -0.15) is 0 Å². The lowest BCUT2D eigenvalue weighted by Crippen LogP contribution is -2.25. The number of likely N-dealkylation sites (N-methyl/N-ethyl adjacent to an activating group) is 1. The third-order valence-electron chi connectivity index (χ3n) is 2.55. The summed E-state index contributed by atoms with van der Waals surface area (Å²) >= 11 is 0. The van der Waals surface area contributed by atoms with Gasteiger partial charge in [0.05, 0.1) is 6.61 Å². The van der Waals surface area contributed by atoms with Crippen molar-refractivity contribution in [2.75, 3.05) is 38.8 Å². The first-order valence-corrected chi connectivity index (χ1v) is 5.95. The Morgan fingerprint density at radius 3 is 2.82 bits per heavy atom. The molecule has 1 heterocycles. The van der Waals surface area contributed by atoms with Gasteiger partial charge in [-0.25, -0.2) is 9.97 Å². The van der Waals surface area contributed by atoms with Crippen molar-refractivity contribution in [3.63, 3.8) is 0 Å². The molecule has 0 radical (unpaired) electrons. The highest BCUT2D eigenvalue weighted by atomic mass is 16.5. The van der Waals surface area contributed by atoms with Crippen molar-refractivity contribution in [2.45, 2.75) is 20.4 Å². The number of hydrogen-bond acceptors (Lipinski definition) is 5. The van der Waals surface area contributed by atoms with E-state index in [0.29, 0.717) is 6.61 Å². The lowest BCUT2D eigenvalue weighted by molar-refractivity contribution is 0.154. The smallest absolute Gasteiger partial charge is 0.225 e. The number of aryl methyl sites for hydroxylation is 1. The van der Waals surface area contributed by atoms with Gasteiger partial charge in [-0.05, 0) is 20.9 Å². The van der Waals surface area contributed by atoms with E-state index in [4.69, 9.17) is 4.74 Å². The zero-order valence-electron chi connectivity index (χ0n) is 11.2. The molecule has 0 amide bonds. The number of anilines is 1. The molecular formula is C12H22N4O. The average molecular weight is 238 g/mol. The number of nitrogens with zero attached hydrogens (tertiary/aromatic N) is 3. The van der Waals surface area contributed by atoms with Crippen molar-refractivity contribution in [2.24, 2.45) is 0 Å². The third kappa shape index (κ3) is 4.28. The second kappa shape index (κ2) is 7.19. The minimum absolute atomic E-state index is 0.702. The van der Waals surface area contributed by atoms with Crippen LogP contribution in [0, 0.1) is 6.92 Å². The van der Waals surface area contributed by atoms with Crippen molar-refractivity contribution >= 4 is 5.95 Å². The fourth-order valence-corrected chi connectivity index (χ4v) is 1.47. The molecule has 5 nitrogen and oxygen atoms in total. The van der Waals surface area contributed by atoms with Crippen molar-refractivity contribution in [1.82, 2.24) is 15.3 Å². The van der Waals surface area contributed by atoms with Crippen molar-refractivity contribution < 1.29 is 4.74 Å². The molecule has 0 atom stereocenters. The molecule has 1 aromatic rings. The number of ether oxygens (including phenoxy) is 1. The van der Waals surface area contributed by atoms with Gasteiger partial charge < -0.3 is 15.0 Å². The monoisotopic (exact) mass is 238 g/mol. The molecule has 0 unspecified atom stereocenters. The number of rotatable bonds is 7. The summed E-state index contributed by atoms with van der Waals surface area (Å²) in [6.45, 7) is 7.05. The molecule has 0 aliphatic carbocycles. The Bertz CT molecular complexity index is 343. The highest BCUT2D eigenvalue weighted by molar-refractivity contribution is 5.31. The molecule has 1 rings (SSSR count). The van der Waals surface area contributed by atoms with Gasteiger partial charge in [0, 0.05) is 44.2 Å². The lowest BCUT2D eigenvalue weighted by Gasteiger charge is -2.17. The summed E-state index contributed by atoms with van der Waals surface area (Å²) < 4.78 is 5.31. The van der Waals surface area contributed by atoms with E-state index < -0.39 is 0 Å². The molecular weight excluding hydrogens is 216 g/mol. The van der Waals surface area contributed by atoms with Crippen LogP contribution >= 0.6 is 0 Å². The lowest BCUT2D eigenvalue weighted by atomic mass is 10.2. The molecule has 5 heteroatoms. The fourth-order valence-electron chi connectivity index (χ4n) is 1.47. The predicted molar refractivity (Wildman–Crippen MR) is 69.3 cm³/mol. The van der Waals surface area contributed by atoms with Crippen LogP contribution in [0.5, 0.6) is 0 Å². The van der Waals surface area contributed by atoms with Crippen molar-refractivity contribution in [3.8, 4) is 0 Å². The van der Waals surface area contributed by atoms with Crippen LogP contribution < -0.4 is 10.2 Å². The Morgan fingerprint density at radius 1 is 1.47 bits per heavy atom. The highest BCUT2D eigenvalue weighted by Crippen LogP contribution is 2.09. The number of hydrogen-bond donors (Lipinski definition) is 1. The molecule has 0 aliphatic rings. The van der Waals surface area contributed by atoms with Gasteiger partial charge in [-0.3, -0.25) is 0 Å². The zero-order valence-corrected chi connectivity index (χ0v) is 11.2. The summed E-state index contributed by atoms with van der Waals surface area (Å²) in [6, 6.07) is 0. The first-order chi connectivity index (χ1) is 8.19. The van der Waals surface area contributed by atoms with Crippen LogP contribution in [0.3, 0.4) is 0 Å². The van der Waals surface area contributed by atoms with Crippen LogP contribution in [-0.4, -0.2) is 43.8 Å². The second-order valence-electron chi connectivity index (χ2n) is 3.93. The minimum atomic E-state index is 0.702. The largest absolute Gasteiger partial charge is 0.380 e. The molecule has 0 aromatic carbocycles. The Morgan fingerprint density at radius 2 is 2.24 bits per heavy atom. The van der Waals surface area contributed by atoms with Crippen LogP contribution in [-0.2, 0) is 11.3 Å². The first kappa shape index (κ1) is 13.9. The maximum Gasteiger partial charge on any atom is 0.225 e. The van der Waals surface area contributed by atoms with Gasteiger partial charge in [0.15, 0.2) is 0 Å². The SMILES string of the molecule is CCOCCN(C)c1ncc(CNC)c(C)n1. The van der Waals surface area contributed by atoms with E-state index in [2.05, 4.69) is 15.3 Å². The third-order valence-corrected chi connectivity index (χ3v) is 2.55. The maximum absolute atomic E-state index is 5.31. The molecule has 0 saturated carbocycles. The van der Waals surface area contributed by atoms with Gasteiger partial charge in [0.1, 0.15) is 0 Å². The van der Waals surface area contributed by atoms with Crippen LogP contribution in [0.15, 0.2) is 6.20 Å². The van der Waals surface area contributed by atoms with Gasteiger partial charge in [-0.15, -0.1) is 0 Å². The van der Waals surface area contributed by atoms with E-state index in [1.54, 1.807) is 0 Å². The normalized spacial score (nSPS) is 10.6. The summed E-state index contributed by atoms with van der Waals surface area (Å²) in [4.78, 5) is 10.9. The zero-order chi connectivity index (χ0) is 12.7. The Kier molecular flexibility index (Phi) is 5.86. The topological polar surface area (TPSA) is 50.3 Å². The van der Waals surface area contributed by atoms with Crippen LogP contribution in [0.2, 0.25) is 0 Å². The van der Waals surface area contributed by atoms with Crippen LogP contribution in [0.1, 0.15) is 18.2 Å². The maximum atomic E-state index is 5.31. The summed E-state index contributed by atoms with van der Waals surface area (Å²) in [5, 5.41) is 3.10. The van der Waals surface area contributed by atoms with Gasteiger partial charge in [0.2, 0.25) is 5.95 Å². The molecule has 0 bridgehead atoms. The predicted octanol–water partition coefficient (Wildman–Crippen LogP) is 0.977. The summed E-state index contributed by atoms with van der Waals surface area (Å²) in [5.41, 5.74) is 2.15. The molecule has 1 N–H and O–H groups in total. The minimum Gasteiger partial charge on any atom is -0.380 e.